The van der Waals surface area contributed by atoms with Gasteiger partial charge in [-0.2, -0.15) is 13.2 Å². The number of halogens is 4. The molecule has 0 saturated heterocycles. The Morgan fingerprint density at radius 3 is 2.60 bits per heavy atom. The van der Waals surface area contributed by atoms with E-state index in [1.165, 1.54) is 6.07 Å². The van der Waals surface area contributed by atoms with Crippen LogP contribution in [0.2, 0.25) is 5.02 Å². The molecule has 0 atom stereocenters. The molecule has 0 fully saturated rings. The van der Waals surface area contributed by atoms with Gasteiger partial charge in [-0.15, -0.1) is 0 Å². The molecule has 0 spiro atoms. The van der Waals surface area contributed by atoms with Gasteiger partial charge >= 0.3 is 6.18 Å². The van der Waals surface area contributed by atoms with Gasteiger partial charge in [0, 0.05) is 16.8 Å². The smallest absolute Gasteiger partial charge is 0.384 e. The molecule has 1 aromatic heterocycles. The van der Waals surface area contributed by atoms with Crippen LogP contribution >= 0.6 is 11.6 Å². The fourth-order valence-electron chi connectivity index (χ4n) is 1.54. The number of hydrogen-bond donors (Lipinski definition) is 2. The molecule has 3 N–H and O–H groups in total. The van der Waals surface area contributed by atoms with Gasteiger partial charge in [0.25, 0.3) is 0 Å². The van der Waals surface area contributed by atoms with Crippen molar-refractivity contribution < 1.29 is 13.2 Å². The Bertz CT molecular complexity index is 643. The quantitative estimate of drug-likeness (QED) is 0.886. The van der Waals surface area contributed by atoms with Crippen molar-refractivity contribution in [3.05, 3.63) is 40.7 Å². The maximum absolute atomic E-state index is 12.6. The van der Waals surface area contributed by atoms with E-state index in [4.69, 9.17) is 17.3 Å². The molecule has 4 nitrogen and oxygen atoms in total. The van der Waals surface area contributed by atoms with Crippen LogP contribution in [0.5, 0.6) is 0 Å². The minimum absolute atomic E-state index is 0.0461. The predicted molar refractivity (Wildman–Crippen MR) is 70.9 cm³/mol. The first kappa shape index (κ1) is 14.4. The zero-order valence-electron chi connectivity index (χ0n) is 10.3. The average Bonchev–Trinajstić information content (AvgIpc) is 2.33. The lowest BCUT2D eigenvalue weighted by Crippen LogP contribution is -2.13. The van der Waals surface area contributed by atoms with Crippen molar-refractivity contribution in [2.24, 2.45) is 0 Å². The van der Waals surface area contributed by atoms with Crippen molar-refractivity contribution in [2.75, 3.05) is 11.1 Å². The number of anilines is 3. The van der Waals surface area contributed by atoms with Crippen LogP contribution < -0.4 is 11.1 Å². The Labute approximate surface area is 117 Å². The number of nitrogen functional groups attached to an aromatic ring is 1. The van der Waals surface area contributed by atoms with Crippen LogP contribution in [0.4, 0.5) is 30.5 Å². The maximum Gasteiger partial charge on any atom is 0.451 e. The molecule has 2 aromatic rings. The molecule has 0 saturated carbocycles. The normalized spacial score (nSPS) is 11.4. The van der Waals surface area contributed by atoms with Gasteiger partial charge in [0.15, 0.2) is 0 Å². The van der Waals surface area contributed by atoms with E-state index in [1.54, 1.807) is 25.1 Å². The molecule has 8 heteroatoms. The third-order valence-electron chi connectivity index (χ3n) is 2.53. The van der Waals surface area contributed by atoms with Crippen molar-refractivity contribution >= 4 is 28.9 Å². The number of benzene rings is 1. The van der Waals surface area contributed by atoms with E-state index in [2.05, 4.69) is 15.3 Å². The monoisotopic (exact) mass is 302 g/mol. The second-order valence-electron chi connectivity index (χ2n) is 4.04. The summed E-state index contributed by atoms with van der Waals surface area (Å²) in [6.45, 7) is 1.74. The van der Waals surface area contributed by atoms with Crippen LogP contribution in [-0.2, 0) is 6.18 Å². The Morgan fingerprint density at radius 2 is 1.95 bits per heavy atom. The van der Waals surface area contributed by atoms with Crippen molar-refractivity contribution in [3.63, 3.8) is 0 Å². The standard InChI is InChI=1S/C12H10ClF3N4/c1-6-7(13)3-2-4-8(6)18-10-5-9(17)19-11(20-10)12(14,15)16/h2-5H,1H3,(H3,17,18,19,20). The van der Waals surface area contributed by atoms with Crippen molar-refractivity contribution in [3.8, 4) is 0 Å². The van der Waals surface area contributed by atoms with E-state index in [1.807, 2.05) is 0 Å². The van der Waals surface area contributed by atoms with E-state index in [9.17, 15) is 13.2 Å². The first-order valence-corrected chi connectivity index (χ1v) is 5.89. The highest BCUT2D eigenvalue weighted by Gasteiger charge is 2.35. The Balaban J connectivity index is 2.39. The lowest BCUT2D eigenvalue weighted by atomic mass is 10.2. The van der Waals surface area contributed by atoms with Crippen molar-refractivity contribution in [2.45, 2.75) is 13.1 Å². The summed E-state index contributed by atoms with van der Waals surface area (Å²) in [5.74, 6) is -1.61. The van der Waals surface area contributed by atoms with Gasteiger partial charge in [-0.3, -0.25) is 0 Å². The first-order chi connectivity index (χ1) is 9.27. The lowest BCUT2D eigenvalue weighted by molar-refractivity contribution is -0.144. The van der Waals surface area contributed by atoms with Crippen LogP contribution in [0.3, 0.4) is 0 Å². The second-order valence-corrected chi connectivity index (χ2v) is 4.44. The van der Waals surface area contributed by atoms with Gasteiger partial charge in [-0.05, 0) is 24.6 Å². The van der Waals surface area contributed by atoms with Gasteiger partial charge in [0.2, 0.25) is 5.82 Å². The number of nitrogens with two attached hydrogens (primary N) is 1. The SMILES string of the molecule is Cc1c(Cl)cccc1Nc1cc(N)nc(C(F)(F)F)n1. The van der Waals surface area contributed by atoms with Crippen LogP contribution in [0, 0.1) is 6.92 Å². The van der Waals surface area contributed by atoms with Gasteiger partial charge in [-0.1, -0.05) is 17.7 Å². The molecule has 106 valence electrons. The lowest BCUT2D eigenvalue weighted by Gasteiger charge is -2.12. The van der Waals surface area contributed by atoms with Crippen LogP contribution in [0.15, 0.2) is 24.3 Å². The highest BCUT2D eigenvalue weighted by atomic mass is 35.5. The highest BCUT2D eigenvalue weighted by Crippen LogP contribution is 2.30. The Morgan fingerprint density at radius 1 is 1.25 bits per heavy atom. The Kier molecular flexibility index (Phi) is 3.71. The third-order valence-corrected chi connectivity index (χ3v) is 2.94. The summed E-state index contributed by atoms with van der Waals surface area (Å²) in [6.07, 6.45) is -4.66. The number of nitrogens with one attached hydrogen (secondary N) is 1. The average molecular weight is 303 g/mol. The molecular formula is C12H10ClF3N4. The minimum atomic E-state index is -4.66. The Hall–Kier alpha value is -2.02. The summed E-state index contributed by atoms with van der Waals surface area (Å²) in [4.78, 5) is 6.56. The molecular weight excluding hydrogens is 293 g/mol. The summed E-state index contributed by atoms with van der Waals surface area (Å²) in [5, 5.41) is 3.24. The van der Waals surface area contributed by atoms with Crippen LogP contribution in [-0.4, -0.2) is 9.97 Å². The predicted octanol–water partition coefficient (Wildman–Crippen LogP) is 3.78. The zero-order chi connectivity index (χ0) is 14.9. The van der Waals surface area contributed by atoms with E-state index >= 15 is 0 Å². The maximum atomic E-state index is 12.6. The number of alkyl halides is 3. The topological polar surface area (TPSA) is 63.8 Å². The molecule has 0 aliphatic rings. The number of rotatable bonds is 2. The molecule has 0 bridgehead atoms. The van der Waals surface area contributed by atoms with E-state index < -0.39 is 12.0 Å². The molecule has 0 radical (unpaired) electrons. The van der Waals surface area contributed by atoms with Crippen molar-refractivity contribution in [1.82, 2.24) is 9.97 Å². The molecule has 2 rings (SSSR count). The molecule has 0 unspecified atom stereocenters. The fourth-order valence-corrected chi connectivity index (χ4v) is 1.71. The van der Waals surface area contributed by atoms with Crippen LogP contribution in [0.25, 0.3) is 0 Å². The fraction of sp³-hybridized carbons (Fsp3) is 0.167. The van der Waals surface area contributed by atoms with Gasteiger partial charge in [-0.25, -0.2) is 9.97 Å². The third kappa shape index (κ3) is 3.11. The van der Waals surface area contributed by atoms with E-state index in [0.717, 1.165) is 0 Å². The summed E-state index contributed by atoms with van der Waals surface area (Å²) in [7, 11) is 0. The van der Waals surface area contributed by atoms with Crippen molar-refractivity contribution in [1.29, 1.82) is 0 Å². The molecule has 0 aliphatic heterocycles. The summed E-state index contributed by atoms with van der Waals surface area (Å²) in [5.41, 5.74) is 6.60. The summed E-state index contributed by atoms with van der Waals surface area (Å²) < 4.78 is 37.8. The summed E-state index contributed by atoms with van der Waals surface area (Å²) in [6, 6.07) is 6.24. The number of nitrogens with zero attached hydrogens (tertiary/aromatic N) is 2. The van der Waals surface area contributed by atoms with Crippen LogP contribution in [0.1, 0.15) is 11.4 Å². The zero-order valence-corrected chi connectivity index (χ0v) is 11.0. The number of hydrogen-bond acceptors (Lipinski definition) is 4. The molecule has 1 heterocycles. The van der Waals surface area contributed by atoms with E-state index in [-0.39, 0.29) is 11.6 Å². The second kappa shape index (κ2) is 5.16. The van der Waals surface area contributed by atoms with Gasteiger partial charge < -0.3 is 11.1 Å². The largest absolute Gasteiger partial charge is 0.451 e. The molecule has 1 aromatic carbocycles. The highest BCUT2D eigenvalue weighted by molar-refractivity contribution is 6.31. The number of aromatic nitrogens is 2. The minimum Gasteiger partial charge on any atom is -0.384 e. The molecule has 0 amide bonds. The van der Waals surface area contributed by atoms with Gasteiger partial charge in [0.1, 0.15) is 11.6 Å². The molecule has 0 aliphatic carbocycles. The summed E-state index contributed by atoms with van der Waals surface area (Å²) >= 11 is 5.94. The molecule has 20 heavy (non-hydrogen) atoms. The first-order valence-electron chi connectivity index (χ1n) is 5.51. The van der Waals surface area contributed by atoms with E-state index in [0.29, 0.717) is 16.3 Å². The van der Waals surface area contributed by atoms with Gasteiger partial charge in [0.05, 0.1) is 0 Å².